The van der Waals surface area contributed by atoms with Crippen molar-refractivity contribution in [1.82, 2.24) is 5.32 Å². The molecule has 76 valence electrons. The molecule has 2 rings (SSSR count). The van der Waals surface area contributed by atoms with Crippen molar-refractivity contribution in [2.45, 2.75) is 19.4 Å². The summed E-state index contributed by atoms with van der Waals surface area (Å²) in [4.78, 5) is 0. The summed E-state index contributed by atoms with van der Waals surface area (Å²) >= 11 is 0. The van der Waals surface area contributed by atoms with Crippen LogP contribution in [0, 0.1) is 0 Å². The SMILES string of the molecule is CCC(NC)c1ccc2c(c1)OCO2. The molecule has 1 aromatic carbocycles. The summed E-state index contributed by atoms with van der Waals surface area (Å²) in [7, 11) is 1.97. The van der Waals surface area contributed by atoms with Crippen LogP contribution in [0.15, 0.2) is 18.2 Å². The summed E-state index contributed by atoms with van der Waals surface area (Å²) in [6.45, 7) is 2.50. The van der Waals surface area contributed by atoms with Gasteiger partial charge in [0.1, 0.15) is 0 Å². The van der Waals surface area contributed by atoms with Crippen LogP contribution in [-0.2, 0) is 0 Å². The van der Waals surface area contributed by atoms with Crippen LogP contribution in [0.5, 0.6) is 11.5 Å². The number of fused-ring (bicyclic) bond motifs is 1. The molecule has 1 N–H and O–H groups in total. The van der Waals surface area contributed by atoms with Gasteiger partial charge in [0.05, 0.1) is 0 Å². The van der Waals surface area contributed by atoms with Crippen LogP contribution < -0.4 is 14.8 Å². The van der Waals surface area contributed by atoms with Gasteiger partial charge in [-0.25, -0.2) is 0 Å². The molecule has 0 amide bonds. The van der Waals surface area contributed by atoms with Crippen LogP contribution in [0.4, 0.5) is 0 Å². The van der Waals surface area contributed by atoms with E-state index in [-0.39, 0.29) is 0 Å². The first-order valence-corrected chi connectivity index (χ1v) is 4.92. The lowest BCUT2D eigenvalue weighted by molar-refractivity contribution is 0.174. The predicted octanol–water partition coefficient (Wildman–Crippen LogP) is 2.09. The highest BCUT2D eigenvalue weighted by molar-refractivity contribution is 5.45. The normalized spacial score (nSPS) is 15.6. The Hall–Kier alpha value is -1.22. The van der Waals surface area contributed by atoms with Crippen molar-refractivity contribution in [1.29, 1.82) is 0 Å². The van der Waals surface area contributed by atoms with Crippen molar-refractivity contribution >= 4 is 0 Å². The van der Waals surface area contributed by atoms with E-state index >= 15 is 0 Å². The molecule has 1 aromatic rings. The summed E-state index contributed by atoms with van der Waals surface area (Å²) < 4.78 is 10.6. The molecule has 0 fully saturated rings. The summed E-state index contributed by atoms with van der Waals surface area (Å²) in [5, 5.41) is 3.26. The Balaban J connectivity index is 2.27. The van der Waals surface area contributed by atoms with Crippen molar-refractivity contribution in [3.05, 3.63) is 23.8 Å². The van der Waals surface area contributed by atoms with Crippen LogP contribution in [0.25, 0.3) is 0 Å². The van der Waals surface area contributed by atoms with Gasteiger partial charge in [-0.3, -0.25) is 0 Å². The van der Waals surface area contributed by atoms with Gasteiger partial charge in [-0.05, 0) is 31.2 Å². The van der Waals surface area contributed by atoms with Crippen LogP contribution in [-0.4, -0.2) is 13.8 Å². The van der Waals surface area contributed by atoms with Gasteiger partial charge in [-0.2, -0.15) is 0 Å². The van der Waals surface area contributed by atoms with Crippen molar-refractivity contribution in [3.63, 3.8) is 0 Å². The Morgan fingerprint density at radius 3 is 2.86 bits per heavy atom. The summed E-state index contributed by atoms with van der Waals surface area (Å²) in [5.74, 6) is 1.70. The van der Waals surface area contributed by atoms with Gasteiger partial charge in [0.25, 0.3) is 0 Å². The van der Waals surface area contributed by atoms with E-state index in [4.69, 9.17) is 9.47 Å². The molecule has 0 saturated heterocycles. The van der Waals surface area contributed by atoms with Crippen LogP contribution >= 0.6 is 0 Å². The molecule has 1 aliphatic rings. The third-order valence-electron chi connectivity index (χ3n) is 2.56. The van der Waals surface area contributed by atoms with Gasteiger partial charge in [0.15, 0.2) is 11.5 Å². The molecule has 0 aliphatic carbocycles. The van der Waals surface area contributed by atoms with Gasteiger partial charge >= 0.3 is 0 Å². The lowest BCUT2D eigenvalue weighted by Crippen LogP contribution is -2.14. The van der Waals surface area contributed by atoms with Crippen molar-refractivity contribution < 1.29 is 9.47 Å². The van der Waals surface area contributed by atoms with E-state index in [1.54, 1.807) is 0 Å². The molecule has 3 nitrogen and oxygen atoms in total. The van der Waals surface area contributed by atoms with E-state index < -0.39 is 0 Å². The maximum Gasteiger partial charge on any atom is 0.231 e. The average Bonchev–Trinajstić information content (AvgIpc) is 2.66. The first kappa shape index (κ1) is 9.34. The molecule has 1 aliphatic heterocycles. The molecule has 1 heterocycles. The fourth-order valence-corrected chi connectivity index (χ4v) is 1.74. The van der Waals surface area contributed by atoms with Crippen LogP contribution in [0.3, 0.4) is 0 Å². The number of ether oxygens (including phenoxy) is 2. The van der Waals surface area contributed by atoms with E-state index in [1.165, 1.54) is 5.56 Å². The maximum absolute atomic E-state index is 5.33. The lowest BCUT2D eigenvalue weighted by atomic mass is 10.0. The zero-order valence-corrected chi connectivity index (χ0v) is 8.54. The number of rotatable bonds is 3. The zero-order chi connectivity index (χ0) is 9.97. The summed E-state index contributed by atoms with van der Waals surface area (Å²) in [6.07, 6.45) is 1.07. The standard InChI is InChI=1S/C11H15NO2/c1-3-9(12-2)8-4-5-10-11(6-8)14-7-13-10/h4-6,9,12H,3,7H2,1-2H3. The van der Waals surface area contributed by atoms with Gasteiger partial charge < -0.3 is 14.8 Å². The topological polar surface area (TPSA) is 30.5 Å². The highest BCUT2D eigenvalue weighted by atomic mass is 16.7. The molecule has 0 spiro atoms. The number of hydrogen-bond donors (Lipinski definition) is 1. The van der Waals surface area contributed by atoms with Gasteiger partial charge in [0.2, 0.25) is 6.79 Å². The smallest absolute Gasteiger partial charge is 0.231 e. The van der Waals surface area contributed by atoms with Gasteiger partial charge in [-0.1, -0.05) is 13.0 Å². The highest BCUT2D eigenvalue weighted by Gasteiger charge is 2.15. The largest absolute Gasteiger partial charge is 0.454 e. The third-order valence-corrected chi connectivity index (χ3v) is 2.56. The Morgan fingerprint density at radius 2 is 2.14 bits per heavy atom. The first-order valence-electron chi connectivity index (χ1n) is 4.92. The molecule has 1 unspecified atom stereocenters. The molecule has 3 heteroatoms. The van der Waals surface area contributed by atoms with E-state index in [0.29, 0.717) is 12.8 Å². The highest BCUT2D eigenvalue weighted by Crippen LogP contribution is 2.34. The van der Waals surface area contributed by atoms with E-state index in [2.05, 4.69) is 18.3 Å². The minimum absolute atomic E-state index is 0.342. The van der Waals surface area contributed by atoms with Crippen LogP contribution in [0.2, 0.25) is 0 Å². The van der Waals surface area contributed by atoms with E-state index in [9.17, 15) is 0 Å². The zero-order valence-electron chi connectivity index (χ0n) is 8.54. The maximum atomic E-state index is 5.33. The lowest BCUT2D eigenvalue weighted by Gasteiger charge is -2.14. The molecule has 0 radical (unpaired) electrons. The Bertz CT molecular complexity index is 321. The molecule has 0 bridgehead atoms. The summed E-state index contributed by atoms with van der Waals surface area (Å²) in [6, 6.07) is 6.49. The minimum atomic E-state index is 0.342. The average molecular weight is 193 g/mol. The molecular formula is C11H15NO2. The molecular weight excluding hydrogens is 178 g/mol. The monoisotopic (exact) mass is 193 g/mol. The Labute approximate surface area is 84.0 Å². The van der Waals surface area contributed by atoms with Crippen molar-refractivity contribution in [2.75, 3.05) is 13.8 Å². The second kappa shape index (κ2) is 3.88. The second-order valence-electron chi connectivity index (χ2n) is 3.36. The number of hydrogen-bond acceptors (Lipinski definition) is 3. The summed E-state index contributed by atoms with van der Waals surface area (Å²) in [5.41, 5.74) is 1.25. The number of nitrogens with one attached hydrogen (secondary N) is 1. The quantitative estimate of drug-likeness (QED) is 0.797. The molecule has 14 heavy (non-hydrogen) atoms. The number of benzene rings is 1. The fraction of sp³-hybridized carbons (Fsp3) is 0.455. The first-order chi connectivity index (χ1) is 6.85. The van der Waals surface area contributed by atoms with Crippen molar-refractivity contribution in [3.8, 4) is 11.5 Å². The second-order valence-corrected chi connectivity index (χ2v) is 3.36. The minimum Gasteiger partial charge on any atom is -0.454 e. The van der Waals surface area contributed by atoms with Crippen molar-refractivity contribution in [2.24, 2.45) is 0 Å². The van der Waals surface area contributed by atoms with Gasteiger partial charge in [0, 0.05) is 6.04 Å². The Morgan fingerprint density at radius 1 is 1.36 bits per heavy atom. The van der Waals surface area contributed by atoms with E-state index in [0.717, 1.165) is 17.9 Å². The molecule has 0 saturated carbocycles. The van der Waals surface area contributed by atoms with E-state index in [1.807, 2.05) is 19.2 Å². The van der Waals surface area contributed by atoms with Crippen LogP contribution in [0.1, 0.15) is 24.9 Å². The Kier molecular flexibility index (Phi) is 2.59. The fourth-order valence-electron chi connectivity index (χ4n) is 1.74. The third kappa shape index (κ3) is 1.55. The predicted molar refractivity (Wildman–Crippen MR) is 54.7 cm³/mol. The van der Waals surface area contributed by atoms with Gasteiger partial charge in [-0.15, -0.1) is 0 Å². The molecule has 1 atom stereocenters. The molecule has 0 aromatic heterocycles.